The Morgan fingerprint density at radius 1 is 1.24 bits per heavy atom. The van der Waals surface area contributed by atoms with E-state index >= 15 is 0 Å². The molecule has 5 nitrogen and oxygen atoms in total. The summed E-state index contributed by atoms with van der Waals surface area (Å²) in [5, 5.41) is 4.08. The predicted octanol–water partition coefficient (Wildman–Crippen LogP) is 1.84. The minimum Gasteiger partial charge on any atom is -0.488 e. The van der Waals surface area contributed by atoms with E-state index in [2.05, 4.69) is 12.0 Å². The average Bonchev–Trinajstić information content (AvgIpc) is 2.33. The zero-order valence-corrected chi connectivity index (χ0v) is 10.7. The maximum absolute atomic E-state index is 12.1. The number of rotatable bonds is 7. The van der Waals surface area contributed by atoms with E-state index < -0.39 is 0 Å². The molecule has 0 aliphatic carbocycles. The van der Waals surface area contributed by atoms with Crippen molar-refractivity contribution in [1.82, 2.24) is 9.78 Å². The van der Waals surface area contributed by atoms with Crippen LogP contribution in [-0.2, 0) is 6.54 Å². The van der Waals surface area contributed by atoms with E-state index in [-0.39, 0.29) is 11.3 Å². The molecule has 0 saturated carbocycles. The SMILES string of the molecule is CCCCn1ncc(OCC)c(OCC)c1=O. The molecule has 0 saturated heterocycles. The van der Waals surface area contributed by atoms with Gasteiger partial charge in [-0.2, -0.15) is 5.10 Å². The van der Waals surface area contributed by atoms with Crippen LogP contribution in [-0.4, -0.2) is 23.0 Å². The molecular formula is C12H20N2O3. The van der Waals surface area contributed by atoms with Crippen LogP contribution >= 0.6 is 0 Å². The molecule has 1 rings (SSSR count). The second-order valence-corrected chi connectivity index (χ2v) is 3.59. The van der Waals surface area contributed by atoms with Gasteiger partial charge in [0.15, 0.2) is 5.75 Å². The Balaban J connectivity index is 3.04. The summed E-state index contributed by atoms with van der Waals surface area (Å²) in [7, 11) is 0. The van der Waals surface area contributed by atoms with E-state index in [1.807, 2.05) is 13.8 Å². The predicted molar refractivity (Wildman–Crippen MR) is 65.7 cm³/mol. The molecule has 0 aromatic carbocycles. The Hall–Kier alpha value is -1.52. The standard InChI is InChI=1S/C12H20N2O3/c1-4-7-8-14-12(15)11(17-6-3)10(9-13-14)16-5-2/h9H,4-8H2,1-3H3. The third-order valence-corrected chi connectivity index (χ3v) is 2.28. The van der Waals surface area contributed by atoms with E-state index in [1.165, 1.54) is 4.68 Å². The van der Waals surface area contributed by atoms with Gasteiger partial charge in [-0.15, -0.1) is 0 Å². The summed E-state index contributed by atoms with van der Waals surface area (Å²) in [6.45, 7) is 7.31. The molecule has 1 aromatic heterocycles. The van der Waals surface area contributed by atoms with Crippen molar-refractivity contribution in [2.45, 2.75) is 40.2 Å². The summed E-state index contributed by atoms with van der Waals surface area (Å²) in [5.41, 5.74) is -0.216. The zero-order chi connectivity index (χ0) is 12.7. The number of unbranched alkanes of at least 4 members (excludes halogenated alkanes) is 1. The molecule has 0 atom stereocenters. The van der Waals surface area contributed by atoms with Gasteiger partial charge in [0.1, 0.15) is 0 Å². The van der Waals surface area contributed by atoms with E-state index in [0.717, 1.165) is 12.8 Å². The fraction of sp³-hybridized carbons (Fsp3) is 0.667. The normalized spacial score (nSPS) is 10.3. The van der Waals surface area contributed by atoms with Gasteiger partial charge in [0.25, 0.3) is 0 Å². The summed E-state index contributed by atoms with van der Waals surface area (Å²) < 4.78 is 12.1. The average molecular weight is 240 g/mol. The van der Waals surface area contributed by atoms with Crippen LogP contribution < -0.4 is 15.0 Å². The molecule has 1 heterocycles. The Morgan fingerprint density at radius 3 is 2.53 bits per heavy atom. The topological polar surface area (TPSA) is 53.4 Å². The molecule has 0 fully saturated rings. The van der Waals surface area contributed by atoms with Crippen LogP contribution in [0, 0.1) is 0 Å². The number of nitrogens with zero attached hydrogens (tertiary/aromatic N) is 2. The van der Waals surface area contributed by atoms with Crippen molar-refractivity contribution in [3.05, 3.63) is 16.6 Å². The van der Waals surface area contributed by atoms with Gasteiger partial charge in [-0.1, -0.05) is 13.3 Å². The number of hydrogen-bond donors (Lipinski definition) is 0. The van der Waals surface area contributed by atoms with Crippen LogP contribution in [0.1, 0.15) is 33.6 Å². The lowest BCUT2D eigenvalue weighted by Crippen LogP contribution is -2.25. The van der Waals surface area contributed by atoms with Gasteiger partial charge in [-0.3, -0.25) is 4.79 Å². The van der Waals surface area contributed by atoms with Crippen molar-refractivity contribution in [3.8, 4) is 11.5 Å². The first-order chi connectivity index (χ1) is 8.24. The monoisotopic (exact) mass is 240 g/mol. The molecule has 0 aliphatic heterocycles. The number of hydrogen-bond acceptors (Lipinski definition) is 4. The zero-order valence-electron chi connectivity index (χ0n) is 10.7. The molecule has 5 heteroatoms. The second-order valence-electron chi connectivity index (χ2n) is 3.59. The lowest BCUT2D eigenvalue weighted by Gasteiger charge is -2.11. The van der Waals surface area contributed by atoms with Gasteiger partial charge in [0.05, 0.1) is 19.4 Å². The molecule has 0 spiro atoms. The lowest BCUT2D eigenvalue weighted by atomic mass is 10.3. The molecule has 17 heavy (non-hydrogen) atoms. The molecular weight excluding hydrogens is 220 g/mol. The van der Waals surface area contributed by atoms with Crippen molar-refractivity contribution in [3.63, 3.8) is 0 Å². The Bertz CT molecular complexity index is 401. The summed E-state index contributed by atoms with van der Waals surface area (Å²) >= 11 is 0. The van der Waals surface area contributed by atoms with Crippen LogP contribution in [0.3, 0.4) is 0 Å². The third kappa shape index (κ3) is 3.47. The Labute approximate surface area is 101 Å². The summed E-state index contributed by atoms with van der Waals surface area (Å²) in [4.78, 5) is 12.1. The van der Waals surface area contributed by atoms with E-state index in [1.54, 1.807) is 6.20 Å². The first-order valence-electron chi connectivity index (χ1n) is 6.10. The molecule has 0 aliphatic rings. The minimum absolute atomic E-state index is 0.216. The van der Waals surface area contributed by atoms with Crippen LogP contribution in [0.5, 0.6) is 11.5 Å². The maximum atomic E-state index is 12.1. The summed E-state index contributed by atoms with van der Waals surface area (Å²) in [6.07, 6.45) is 3.49. The Morgan fingerprint density at radius 2 is 1.94 bits per heavy atom. The van der Waals surface area contributed by atoms with Crippen LogP contribution in [0.2, 0.25) is 0 Å². The van der Waals surface area contributed by atoms with Crippen molar-refractivity contribution in [2.75, 3.05) is 13.2 Å². The number of aromatic nitrogens is 2. The molecule has 1 aromatic rings. The van der Waals surface area contributed by atoms with E-state index in [4.69, 9.17) is 9.47 Å². The fourth-order valence-corrected chi connectivity index (χ4v) is 1.46. The smallest absolute Gasteiger partial charge is 0.313 e. The van der Waals surface area contributed by atoms with Crippen molar-refractivity contribution >= 4 is 0 Å². The highest BCUT2D eigenvalue weighted by Crippen LogP contribution is 2.20. The van der Waals surface area contributed by atoms with Crippen LogP contribution in [0.15, 0.2) is 11.0 Å². The number of ether oxygens (including phenoxy) is 2. The molecule has 96 valence electrons. The van der Waals surface area contributed by atoms with E-state index in [0.29, 0.717) is 25.5 Å². The van der Waals surface area contributed by atoms with Gasteiger partial charge in [-0.05, 0) is 20.3 Å². The Kier molecular flexibility index (Phi) is 5.52. The van der Waals surface area contributed by atoms with Gasteiger partial charge in [0, 0.05) is 6.54 Å². The van der Waals surface area contributed by atoms with Crippen molar-refractivity contribution < 1.29 is 9.47 Å². The van der Waals surface area contributed by atoms with Gasteiger partial charge in [-0.25, -0.2) is 4.68 Å². The first-order valence-corrected chi connectivity index (χ1v) is 6.10. The third-order valence-electron chi connectivity index (χ3n) is 2.28. The maximum Gasteiger partial charge on any atom is 0.313 e. The number of aryl methyl sites for hydroxylation is 1. The summed E-state index contributed by atoms with van der Waals surface area (Å²) in [5.74, 6) is 0.688. The largest absolute Gasteiger partial charge is 0.488 e. The molecule has 0 N–H and O–H groups in total. The highest BCUT2D eigenvalue weighted by Gasteiger charge is 2.13. The molecule has 0 bridgehead atoms. The van der Waals surface area contributed by atoms with Gasteiger partial charge in [0.2, 0.25) is 5.75 Å². The van der Waals surface area contributed by atoms with Crippen LogP contribution in [0.25, 0.3) is 0 Å². The quantitative estimate of drug-likeness (QED) is 0.729. The molecule has 0 unspecified atom stereocenters. The van der Waals surface area contributed by atoms with Crippen molar-refractivity contribution in [1.29, 1.82) is 0 Å². The minimum atomic E-state index is -0.216. The summed E-state index contributed by atoms with van der Waals surface area (Å²) in [6, 6.07) is 0. The first kappa shape index (κ1) is 13.5. The van der Waals surface area contributed by atoms with Crippen molar-refractivity contribution in [2.24, 2.45) is 0 Å². The van der Waals surface area contributed by atoms with E-state index in [9.17, 15) is 4.79 Å². The second kappa shape index (κ2) is 6.93. The fourth-order valence-electron chi connectivity index (χ4n) is 1.46. The highest BCUT2D eigenvalue weighted by molar-refractivity contribution is 5.34. The van der Waals surface area contributed by atoms with Crippen LogP contribution in [0.4, 0.5) is 0 Å². The molecule has 0 radical (unpaired) electrons. The van der Waals surface area contributed by atoms with Gasteiger partial charge >= 0.3 is 5.56 Å². The molecule has 0 amide bonds. The highest BCUT2D eigenvalue weighted by atomic mass is 16.5. The lowest BCUT2D eigenvalue weighted by molar-refractivity contribution is 0.276. The van der Waals surface area contributed by atoms with Gasteiger partial charge < -0.3 is 9.47 Å².